The van der Waals surface area contributed by atoms with Gasteiger partial charge in [0.2, 0.25) is 0 Å². The summed E-state index contributed by atoms with van der Waals surface area (Å²) in [4.78, 5) is 0. The van der Waals surface area contributed by atoms with Gasteiger partial charge in [-0.05, 0) is 80.0 Å². The molecule has 0 radical (unpaired) electrons. The van der Waals surface area contributed by atoms with E-state index >= 15 is 0 Å². The Bertz CT molecular complexity index is 894. The summed E-state index contributed by atoms with van der Waals surface area (Å²) >= 11 is 0. The molecule has 0 aliphatic heterocycles. The average molecular weight is 898 g/mol. The van der Waals surface area contributed by atoms with Crippen LogP contribution in [-0.2, 0) is 0 Å². The fourth-order valence-corrected chi connectivity index (χ4v) is 11.1. The van der Waals surface area contributed by atoms with Crippen molar-refractivity contribution in [1.29, 1.82) is 0 Å². The molecule has 4 atom stereocenters. The zero-order valence-electron chi connectivity index (χ0n) is 46.8. The van der Waals surface area contributed by atoms with Crippen LogP contribution in [0.5, 0.6) is 0 Å². The minimum Gasteiger partial charge on any atom is -0.0999 e. The van der Waals surface area contributed by atoms with Crippen molar-refractivity contribution >= 4 is 0 Å². The van der Waals surface area contributed by atoms with Crippen molar-refractivity contribution in [1.82, 2.24) is 0 Å². The zero-order chi connectivity index (χ0) is 47.1. The van der Waals surface area contributed by atoms with Crippen molar-refractivity contribution in [2.24, 2.45) is 41.4 Å². The van der Waals surface area contributed by atoms with Crippen LogP contribution in [0.15, 0.2) is 12.2 Å². The second-order valence-corrected chi connectivity index (χ2v) is 24.0. The van der Waals surface area contributed by atoms with Gasteiger partial charge in [0.15, 0.2) is 0 Å². The minimum absolute atomic E-state index is 0.847. The van der Waals surface area contributed by atoms with Gasteiger partial charge in [-0.2, -0.15) is 0 Å². The van der Waals surface area contributed by atoms with E-state index in [1.54, 1.807) is 0 Å². The second-order valence-electron chi connectivity index (χ2n) is 24.0. The first-order valence-corrected chi connectivity index (χ1v) is 30.7. The quantitative estimate of drug-likeness (QED) is 0.0422. The van der Waals surface area contributed by atoms with Gasteiger partial charge in [-0.25, -0.2) is 0 Å². The van der Waals surface area contributed by atoms with E-state index in [0.29, 0.717) is 0 Å². The Kier molecular flexibility index (Phi) is 49.0. The lowest BCUT2D eigenvalue weighted by atomic mass is 9.80. The summed E-state index contributed by atoms with van der Waals surface area (Å²) in [5.74, 6) is 6.30. The van der Waals surface area contributed by atoms with E-state index in [4.69, 9.17) is 0 Å². The van der Waals surface area contributed by atoms with Gasteiger partial charge in [-0.3, -0.25) is 0 Å². The Morgan fingerprint density at radius 2 is 0.562 bits per heavy atom. The Morgan fingerprint density at radius 1 is 0.281 bits per heavy atom. The lowest BCUT2D eigenvalue weighted by Crippen LogP contribution is -2.14. The van der Waals surface area contributed by atoms with Crippen LogP contribution in [0, 0.1) is 41.4 Å². The molecule has 0 amide bonds. The normalized spacial score (nSPS) is 14.0. The standard InChI is InChI=1S/C64H128/c1-11-63(58(4)5)53-47-41-46-50-60(8)49-43-38-34-30-26-22-17-15-13-12-14-16-18-23-27-31-35-39-44-51-61(9)54-55-64(59(6)7)56-62(10)52-45-40-36-32-28-24-20-19-21-25-29-33-37-42-48-57(2)3/h57-59,61-64H,8,11-56H2,1-7,9-10H3. The van der Waals surface area contributed by atoms with Gasteiger partial charge in [0, 0.05) is 0 Å². The van der Waals surface area contributed by atoms with Crippen LogP contribution in [-0.4, -0.2) is 0 Å². The molecule has 0 saturated heterocycles. The monoisotopic (exact) mass is 897 g/mol. The lowest BCUT2D eigenvalue weighted by Gasteiger charge is -2.26. The summed E-state index contributed by atoms with van der Waals surface area (Å²) in [5.41, 5.74) is 1.52. The first kappa shape index (κ1) is 63.7. The summed E-state index contributed by atoms with van der Waals surface area (Å²) in [7, 11) is 0. The maximum Gasteiger partial charge on any atom is -0.0323 e. The Morgan fingerprint density at radius 3 is 0.891 bits per heavy atom. The SMILES string of the molecule is C=C(CCCCCCCCCCCCCCCCCCCCCC(C)CCC(CC(C)CCCCCCCCCCCCCCCCC(C)C)C(C)C)CCCCCC(CC)C(C)C. The zero-order valence-corrected chi connectivity index (χ0v) is 46.8. The first-order valence-electron chi connectivity index (χ1n) is 30.7. The van der Waals surface area contributed by atoms with E-state index < -0.39 is 0 Å². The van der Waals surface area contributed by atoms with E-state index in [1.165, 1.54) is 301 Å². The average Bonchev–Trinajstić information content (AvgIpc) is 3.26. The van der Waals surface area contributed by atoms with Gasteiger partial charge < -0.3 is 0 Å². The fraction of sp³-hybridized carbons (Fsp3) is 0.969. The molecule has 64 heavy (non-hydrogen) atoms. The van der Waals surface area contributed by atoms with E-state index in [0.717, 1.165) is 41.4 Å². The molecule has 4 unspecified atom stereocenters. The van der Waals surface area contributed by atoms with Crippen molar-refractivity contribution in [2.75, 3.05) is 0 Å². The molecule has 0 rings (SSSR count). The molecule has 0 heterocycles. The molecule has 0 aliphatic carbocycles. The van der Waals surface area contributed by atoms with Gasteiger partial charge >= 0.3 is 0 Å². The van der Waals surface area contributed by atoms with Gasteiger partial charge in [-0.1, -0.05) is 331 Å². The first-order chi connectivity index (χ1) is 31.1. The Hall–Kier alpha value is -0.260. The molecule has 0 fully saturated rings. The Labute approximate surface area is 409 Å². The van der Waals surface area contributed by atoms with Crippen LogP contribution in [0.3, 0.4) is 0 Å². The molecule has 0 bridgehead atoms. The highest BCUT2D eigenvalue weighted by atomic mass is 14.2. The van der Waals surface area contributed by atoms with Crippen LogP contribution in [0.2, 0.25) is 0 Å². The van der Waals surface area contributed by atoms with Gasteiger partial charge in [-0.15, -0.1) is 0 Å². The highest BCUT2D eigenvalue weighted by molar-refractivity contribution is 4.93. The molecule has 0 aromatic rings. The number of allylic oxidation sites excluding steroid dienone is 1. The number of rotatable bonds is 53. The minimum atomic E-state index is 0.847. The third kappa shape index (κ3) is 46.8. The summed E-state index contributed by atoms with van der Waals surface area (Å²) in [5, 5.41) is 0. The fourth-order valence-electron chi connectivity index (χ4n) is 11.1. The highest BCUT2D eigenvalue weighted by Gasteiger charge is 2.18. The maximum atomic E-state index is 4.39. The topological polar surface area (TPSA) is 0 Å². The summed E-state index contributed by atoms with van der Waals surface area (Å²) in [6, 6.07) is 0. The second kappa shape index (κ2) is 49.2. The summed E-state index contributed by atoms with van der Waals surface area (Å²) < 4.78 is 0. The lowest BCUT2D eigenvalue weighted by molar-refractivity contribution is 0.257. The highest BCUT2D eigenvalue weighted by Crippen LogP contribution is 2.31. The van der Waals surface area contributed by atoms with Crippen LogP contribution >= 0.6 is 0 Å². The van der Waals surface area contributed by atoms with Crippen molar-refractivity contribution < 1.29 is 0 Å². The molecule has 0 aromatic heterocycles. The maximum absolute atomic E-state index is 4.39. The van der Waals surface area contributed by atoms with Gasteiger partial charge in [0.05, 0.1) is 0 Å². The predicted octanol–water partition coefficient (Wildman–Crippen LogP) is 24.0. The van der Waals surface area contributed by atoms with Crippen LogP contribution < -0.4 is 0 Å². The third-order valence-electron chi connectivity index (χ3n) is 16.2. The van der Waals surface area contributed by atoms with Crippen molar-refractivity contribution in [3.63, 3.8) is 0 Å². The number of hydrogen-bond acceptors (Lipinski definition) is 0. The summed E-state index contributed by atoms with van der Waals surface area (Å²) in [6.45, 7) is 26.4. The summed E-state index contributed by atoms with van der Waals surface area (Å²) in [6.07, 6.45) is 66.8. The van der Waals surface area contributed by atoms with Crippen LogP contribution in [0.1, 0.15) is 358 Å². The van der Waals surface area contributed by atoms with E-state index in [2.05, 4.69) is 68.9 Å². The molecule has 0 nitrogen and oxygen atoms in total. The molecule has 384 valence electrons. The van der Waals surface area contributed by atoms with Crippen molar-refractivity contribution in [3.05, 3.63) is 12.2 Å². The molecule has 0 N–H and O–H groups in total. The molecule has 0 saturated carbocycles. The van der Waals surface area contributed by atoms with E-state index in [-0.39, 0.29) is 0 Å². The molecule has 0 aliphatic rings. The predicted molar refractivity (Wildman–Crippen MR) is 297 cm³/mol. The van der Waals surface area contributed by atoms with Crippen LogP contribution in [0.25, 0.3) is 0 Å². The van der Waals surface area contributed by atoms with E-state index in [9.17, 15) is 0 Å². The van der Waals surface area contributed by atoms with Gasteiger partial charge in [0.25, 0.3) is 0 Å². The van der Waals surface area contributed by atoms with Crippen molar-refractivity contribution in [3.8, 4) is 0 Å². The molecule has 0 aromatic carbocycles. The molecule has 0 heteroatoms. The Balaban J connectivity index is 3.51. The number of unbranched alkanes of at least 4 members (excludes halogenated alkanes) is 33. The van der Waals surface area contributed by atoms with Crippen molar-refractivity contribution in [2.45, 2.75) is 358 Å². The van der Waals surface area contributed by atoms with Crippen LogP contribution in [0.4, 0.5) is 0 Å². The molecule has 0 spiro atoms. The van der Waals surface area contributed by atoms with Gasteiger partial charge in [0.1, 0.15) is 0 Å². The number of hydrogen-bond donors (Lipinski definition) is 0. The van der Waals surface area contributed by atoms with E-state index in [1.807, 2.05) is 0 Å². The molecular formula is C64H128. The smallest absolute Gasteiger partial charge is 0.0323 e. The molecular weight excluding hydrogens is 769 g/mol. The third-order valence-corrected chi connectivity index (χ3v) is 16.2. The largest absolute Gasteiger partial charge is 0.0999 e.